The topological polar surface area (TPSA) is 32.7 Å². The van der Waals surface area contributed by atoms with Crippen LogP contribution in [0.25, 0.3) is 0 Å². The molecule has 1 N–H and O–H groups in total. The quantitative estimate of drug-likeness (QED) is 0.841. The molecule has 0 aromatic heterocycles. The fourth-order valence-corrected chi connectivity index (χ4v) is 2.26. The Morgan fingerprint density at radius 3 is 3.06 bits per heavy atom. The molecule has 0 bridgehead atoms. The summed E-state index contributed by atoms with van der Waals surface area (Å²) in [6, 6.07) is 7.77. The molecule has 3 nitrogen and oxygen atoms in total. The molecule has 1 aromatic carbocycles. The molecule has 0 aliphatic carbocycles. The van der Waals surface area contributed by atoms with E-state index in [1.165, 1.54) is 0 Å². The Bertz CT molecular complexity index is 372. The van der Waals surface area contributed by atoms with Gasteiger partial charge in [-0.05, 0) is 24.6 Å². The van der Waals surface area contributed by atoms with Gasteiger partial charge in [0.2, 0.25) is 0 Å². The van der Waals surface area contributed by atoms with Gasteiger partial charge in [0.25, 0.3) is 0 Å². The van der Waals surface area contributed by atoms with E-state index in [2.05, 4.69) is 11.8 Å². The fourth-order valence-electron chi connectivity index (χ4n) is 2.08. The second-order valence-corrected chi connectivity index (χ2v) is 4.87. The van der Waals surface area contributed by atoms with Crippen molar-refractivity contribution in [3.05, 3.63) is 29.8 Å². The van der Waals surface area contributed by atoms with Crippen LogP contribution in [0.5, 0.6) is 5.75 Å². The SMILES string of the molecule is CC1COC(CCl)CN1Cc1cccc(O)c1. The molecule has 1 fully saturated rings. The minimum atomic E-state index is 0.116. The summed E-state index contributed by atoms with van der Waals surface area (Å²) >= 11 is 5.83. The molecule has 1 saturated heterocycles. The van der Waals surface area contributed by atoms with Gasteiger partial charge < -0.3 is 9.84 Å². The van der Waals surface area contributed by atoms with Crippen LogP contribution in [0, 0.1) is 0 Å². The summed E-state index contributed by atoms with van der Waals surface area (Å²) in [5.74, 6) is 0.848. The van der Waals surface area contributed by atoms with E-state index in [0.29, 0.717) is 17.7 Å². The van der Waals surface area contributed by atoms with E-state index in [4.69, 9.17) is 16.3 Å². The van der Waals surface area contributed by atoms with Gasteiger partial charge in [0.15, 0.2) is 0 Å². The van der Waals surface area contributed by atoms with E-state index in [-0.39, 0.29) is 6.10 Å². The molecule has 0 amide bonds. The van der Waals surface area contributed by atoms with Gasteiger partial charge in [-0.3, -0.25) is 4.90 Å². The number of nitrogens with zero attached hydrogens (tertiary/aromatic N) is 1. The lowest BCUT2D eigenvalue weighted by molar-refractivity contribution is -0.0510. The third-order valence-electron chi connectivity index (χ3n) is 3.10. The first-order valence-electron chi connectivity index (χ1n) is 5.88. The van der Waals surface area contributed by atoms with Gasteiger partial charge in [-0.1, -0.05) is 12.1 Å². The number of aromatic hydroxyl groups is 1. The van der Waals surface area contributed by atoms with Crippen molar-refractivity contribution in [1.82, 2.24) is 4.90 Å². The monoisotopic (exact) mass is 255 g/mol. The number of phenolic OH excluding ortho intramolecular Hbond substituents is 1. The summed E-state index contributed by atoms with van der Waals surface area (Å²) in [6.07, 6.45) is 0.116. The molecule has 0 spiro atoms. The zero-order valence-corrected chi connectivity index (χ0v) is 10.7. The molecule has 1 heterocycles. The predicted octanol–water partition coefficient (Wildman–Crippen LogP) is 2.22. The molecule has 17 heavy (non-hydrogen) atoms. The van der Waals surface area contributed by atoms with Crippen molar-refractivity contribution in [2.75, 3.05) is 19.0 Å². The van der Waals surface area contributed by atoms with Gasteiger partial charge in [-0.15, -0.1) is 11.6 Å². The van der Waals surface area contributed by atoms with Crippen molar-refractivity contribution < 1.29 is 9.84 Å². The van der Waals surface area contributed by atoms with Gasteiger partial charge >= 0.3 is 0 Å². The Kier molecular flexibility index (Phi) is 4.26. The average molecular weight is 256 g/mol. The predicted molar refractivity (Wildman–Crippen MR) is 68.4 cm³/mol. The minimum absolute atomic E-state index is 0.116. The largest absolute Gasteiger partial charge is 0.508 e. The lowest BCUT2D eigenvalue weighted by atomic mass is 10.1. The lowest BCUT2D eigenvalue weighted by Gasteiger charge is -2.37. The second kappa shape index (κ2) is 5.71. The Morgan fingerprint density at radius 1 is 1.53 bits per heavy atom. The van der Waals surface area contributed by atoms with Crippen LogP contribution >= 0.6 is 11.6 Å². The van der Waals surface area contributed by atoms with Crippen molar-refractivity contribution >= 4 is 11.6 Å². The smallest absolute Gasteiger partial charge is 0.115 e. The number of morpholine rings is 1. The summed E-state index contributed by atoms with van der Waals surface area (Å²) < 4.78 is 5.61. The van der Waals surface area contributed by atoms with E-state index in [0.717, 1.165) is 25.3 Å². The molecule has 1 aliphatic heterocycles. The molecule has 2 atom stereocenters. The van der Waals surface area contributed by atoms with Crippen molar-refractivity contribution in [2.24, 2.45) is 0 Å². The molecule has 1 aromatic rings. The highest BCUT2D eigenvalue weighted by molar-refractivity contribution is 6.18. The van der Waals surface area contributed by atoms with E-state index in [9.17, 15) is 5.11 Å². The number of alkyl halides is 1. The van der Waals surface area contributed by atoms with Crippen LogP contribution in [0.15, 0.2) is 24.3 Å². The van der Waals surface area contributed by atoms with Crippen LogP contribution in [0.4, 0.5) is 0 Å². The number of benzene rings is 1. The van der Waals surface area contributed by atoms with Gasteiger partial charge in [0.1, 0.15) is 5.75 Å². The van der Waals surface area contributed by atoms with Gasteiger partial charge in [0.05, 0.1) is 12.7 Å². The van der Waals surface area contributed by atoms with Crippen LogP contribution in [-0.2, 0) is 11.3 Å². The van der Waals surface area contributed by atoms with Crippen LogP contribution in [0.3, 0.4) is 0 Å². The molecular formula is C13H18ClNO2. The third kappa shape index (κ3) is 3.35. The maximum absolute atomic E-state index is 9.44. The number of halogens is 1. The van der Waals surface area contributed by atoms with Gasteiger partial charge in [-0.25, -0.2) is 0 Å². The zero-order valence-electron chi connectivity index (χ0n) is 9.97. The number of hydrogen-bond acceptors (Lipinski definition) is 3. The third-order valence-corrected chi connectivity index (χ3v) is 3.45. The molecule has 94 valence electrons. The van der Waals surface area contributed by atoms with Gasteiger partial charge in [-0.2, -0.15) is 0 Å². The first-order valence-corrected chi connectivity index (χ1v) is 6.42. The highest BCUT2D eigenvalue weighted by atomic mass is 35.5. The van der Waals surface area contributed by atoms with Crippen LogP contribution in [0.1, 0.15) is 12.5 Å². The number of rotatable bonds is 3. The highest BCUT2D eigenvalue weighted by Gasteiger charge is 2.25. The van der Waals surface area contributed by atoms with Crippen molar-refractivity contribution in [2.45, 2.75) is 25.6 Å². The normalized spacial score (nSPS) is 26.0. The summed E-state index contributed by atoms with van der Waals surface area (Å²) in [4.78, 5) is 2.34. The molecule has 2 rings (SSSR count). The Hall–Kier alpha value is -0.770. The first kappa shape index (κ1) is 12.7. The lowest BCUT2D eigenvalue weighted by Crippen LogP contribution is -2.48. The summed E-state index contributed by atoms with van der Waals surface area (Å²) in [5, 5.41) is 9.44. The van der Waals surface area contributed by atoms with E-state index < -0.39 is 0 Å². The van der Waals surface area contributed by atoms with E-state index >= 15 is 0 Å². The average Bonchev–Trinajstić information content (AvgIpc) is 2.32. The molecule has 4 heteroatoms. The maximum atomic E-state index is 9.44. The Labute approximate surface area is 107 Å². The van der Waals surface area contributed by atoms with Crippen LogP contribution in [0.2, 0.25) is 0 Å². The standard InChI is InChI=1S/C13H18ClNO2/c1-10-9-17-13(6-14)8-15(10)7-11-3-2-4-12(16)5-11/h2-5,10,13,16H,6-9H2,1H3. The molecule has 2 unspecified atom stereocenters. The van der Waals surface area contributed by atoms with Crippen LogP contribution < -0.4 is 0 Å². The fraction of sp³-hybridized carbons (Fsp3) is 0.538. The van der Waals surface area contributed by atoms with E-state index in [1.54, 1.807) is 12.1 Å². The first-order chi connectivity index (χ1) is 8.19. The van der Waals surface area contributed by atoms with Crippen LogP contribution in [-0.4, -0.2) is 41.2 Å². The van der Waals surface area contributed by atoms with E-state index in [1.807, 2.05) is 12.1 Å². The Balaban J connectivity index is 2.01. The number of phenols is 1. The summed E-state index contributed by atoms with van der Waals surface area (Å²) in [5.41, 5.74) is 1.12. The minimum Gasteiger partial charge on any atom is -0.508 e. The number of ether oxygens (including phenoxy) is 1. The number of hydrogen-bond donors (Lipinski definition) is 1. The van der Waals surface area contributed by atoms with Crippen molar-refractivity contribution in [3.8, 4) is 5.75 Å². The molecule has 0 saturated carbocycles. The maximum Gasteiger partial charge on any atom is 0.115 e. The Morgan fingerprint density at radius 2 is 2.35 bits per heavy atom. The van der Waals surface area contributed by atoms with Crippen molar-refractivity contribution in [1.29, 1.82) is 0 Å². The molecule has 1 aliphatic rings. The summed E-state index contributed by atoms with van der Waals surface area (Å²) in [6.45, 7) is 4.54. The summed E-state index contributed by atoms with van der Waals surface area (Å²) in [7, 11) is 0. The highest BCUT2D eigenvalue weighted by Crippen LogP contribution is 2.18. The second-order valence-electron chi connectivity index (χ2n) is 4.56. The zero-order chi connectivity index (χ0) is 12.3. The van der Waals surface area contributed by atoms with Crippen molar-refractivity contribution in [3.63, 3.8) is 0 Å². The molecular weight excluding hydrogens is 238 g/mol. The van der Waals surface area contributed by atoms with Gasteiger partial charge in [0, 0.05) is 25.0 Å². The molecule has 0 radical (unpaired) electrons.